The highest BCUT2D eigenvalue weighted by Gasteiger charge is 2.37. The molecule has 1 fully saturated rings. The predicted molar refractivity (Wildman–Crippen MR) is 81.2 cm³/mol. The molecule has 1 saturated carbocycles. The van der Waals surface area contributed by atoms with E-state index >= 15 is 0 Å². The second-order valence-electron chi connectivity index (χ2n) is 5.08. The van der Waals surface area contributed by atoms with Crippen LogP contribution in [0.2, 0.25) is 0 Å². The third kappa shape index (κ3) is 3.85. The van der Waals surface area contributed by atoms with Crippen molar-refractivity contribution in [1.29, 1.82) is 0 Å². The molecule has 0 amide bonds. The summed E-state index contributed by atoms with van der Waals surface area (Å²) >= 11 is 0. The molecule has 0 bridgehead atoms. The highest BCUT2D eigenvalue weighted by molar-refractivity contribution is 7.89. The topological polar surface area (TPSA) is 72.9 Å². The van der Waals surface area contributed by atoms with Crippen molar-refractivity contribution in [3.8, 4) is 0 Å². The van der Waals surface area contributed by atoms with E-state index in [4.69, 9.17) is 9.47 Å². The number of hydrogen-bond acceptors (Lipinski definition) is 5. The number of methoxy groups -OCH3 is 1. The van der Waals surface area contributed by atoms with E-state index in [1.165, 1.54) is 28.6 Å². The average molecular weight is 327 g/mol. The predicted octanol–water partition coefficient (Wildman–Crippen LogP) is 1.66. The summed E-state index contributed by atoms with van der Waals surface area (Å²) < 4.78 is 36.7. The molecule has 6 nitrogen and oxygen atoms in total. The van der Waals surface area contributed by atoms with E-state index in [9.17, 15) is 13.2 Å². The molecule has 0 unspecified atom stereocenters. The van der Waals surface area contributed by atoms with E-state index in [0.717, 1.165) is 12.8 Å². The lowest BCUT2D eigenvalue weighted by Crippen LogP contribution is -2.35. The summed E-state index contributed by atoms with van der Waals surface area (Å²) in [6.07, 6.45) is 1.76. The molecule has 0 radical (unpaired) electrons. The summed E-state index contributed by atoms with van der Waals surface area (Å²) in [6, 6.07) is 5.91. The second kappa shape index (κ2) is 7.21. The first-order valence-electron chi connectivity index (χ1n) is 7.28. The summed E-state index contributed by atoms with van der Waals surface area (Å²) in [6.45, 7) is 2.70. The second-order valence-corrected chi connectivity index (χ2v) is 6.98. The molecule has 0 N–H and O–H groups in total. The van der Waals surface area contributed by atoms with Crippen LogP contribution in [0.5, 0.6) is 0 Å². The normalized spacial score (nSPS) is 15.0. The third-order valence-electron chi connectivity index (χ3n) is 3.44. The van der Waals surface area contributed by atoms with Crippen molar-refractivity contribution in [2.24, 2.45) is 0 Å². The van der Waals surface area contributed by atoms with E-state index in [0.29, 0.717) is 18.7 Å². The van der Waals surface area contributed by atoms with Gasteiger partial charge in [-0.1, -0.05) is 0 Å². The van der Waals surface area contributed by atoms with Gasteiger partial charge in [-0.3, -0.25) is 0 Å². The van der Waals surface area contributed by atoms with Gasteiger partial charge in [0.1, 0.15) is 0 Å². The van der Waals surface area contributed by atoms with Crippen molar-refractivity contribution >= 4 is 16.0 Å². The maximum atomic E-state index is 12.7. The van der Waals surface area contributed by atoms with E-state index in [1.807, 2.05) is 0 Å². The molecule has 7 heteroatoms. The molecule has 122 valence electrons. The lowest BCUT2D eigenvalue weighted by molar-refractivity contribution is 0.0526. The van der Waals surface area contributed by atoms with Gasteiger partial charge in [-0.05, 0) is 44.0 Å². The summed E-state index contributed by atoms with van der Waals surface area (Å²) in [7, 11) is -2.02. The van der Waals surface area contributed by atoms with Crippen LogP contribution in [0.3, 0.4) is 0 Å². The molecule has 1 aromatic rings. The average Bonchev–Trinajstić information content (AvgIpc) is 3.32. The first-order chi connectivity index (χ1) is 10.5. The molecule has 22 heavy (non-hydrogen) atoms. The summed E-state index contributed by atoms with van der Waals surface area (Å²) in [4.78, 5) is 11.8. The van der Waals surface area contributed by atoms with Crippen LogP contribution in [0.1, 0.15) is 30.1 Å². The fourth-order valence-electron chi connectivity index (χ4n) is 2.16. The molecule has 0 atom stereocenters. The van der Waals surface area contributed by atoms with Crippen LogP contribution in [-0.2, 0) is 19.5 Å². The molecule has 0 saturated heterocycles. The molecule has 0 aromatic heterocycles. The van der Waals surface area contributed by atoms with Gasteiger partial charge >= 0.3 is 5.97 Å². The molecule has 0 aliphatic heterocycles. The minimum atomic E-state index is -3.56. The Labute approximate surface area is 131 Å². The number of benzene rings is 1. The Hall–Kier alpha value is -1.44. The van der Waals surface area contributed by atoms with Crippen molar-refractivity contribution in [2.75, 3.05) is 26.9 Å². The van der Waals surface area contributed by atoms with Crippen molar-refractivity contribution in [1.82, 2.24) is 4.31 Å². The van der Waals surface area contributed by atoms with Crippen molar-refractivity contribution < 1.29 is 22.7 Å². The number of esters is 1. The van der Waals surface area contributed by atoms with Crippen LogP contribution in [0.15, 0.2) is 29.2 Å². The monoisotopic (exact) mass is 327 g/mol. The lowest BCUT2D eigenvalue weighted by Gasteiger charge is -2.21. The Morgan fingerprint density at radius 3 is 2.41 bits per heavy atom. The fraction of sp³-hybridized carbons (Fsp3) is 0.533. The van der Waals surface area contributed by atoms with E-state index in [-0.39, 0.29) is 17.5 Å². The van der Waals surface area contributed by atoms with Gasteiger partial charge < -0.3 is 9.47 Å². The van der Waals surface area contributed by atoms with Gasteiger partial charge in [0.15, 0.2) is 0 Å². The number of rotatable bonds is 8. The fourth-order valence-corrected chi connectivity index (χ4v) is 3.82. The van der Waals surface area contributed by atoms with Crippen LogP contribution < -0.4 is 0 Å². The van der Waals surface area contributed by atoms with Crippen molar-refractivity contribution in [3.05, 3.63) is 29.8 Å². The van der Waals surface area contributed by atoms with E-state index < -0.39 is 16.0 Å². The summed E-state index contributed by atoms with van der Waals surface area (Å²) in [5, 5.41) is 0. The van der Waals surface area contributed by atoms with Gasteiger partial charge in [-0.15, -0.1) is 0 Å². The summed E-state index contributed by atoms with van der Waals surface area (Å²) in [5.74, 6) is -0.454. The minimum absolute atomic E-state index is 0.0601. The molecule has 0 heterocycles. The molecular formula is C15H21NO5S. The number of nitrogens with zero attached hydrogens (tertiary/aromatic N) is 1. The van der Waals surface area contributed by atoms with Crippen LogP contribution in [0, 0.1) is 0 Å². The van der Waals surface area contributed by atoms with Gasteiger partial charge in [0.05, 0.1) is 23.7 Å². The first-order valence-corrected chi connectivity index (χ1v) is 8.72. The van der Waals surface area contributed by atoms with Gasteiger partial charge in [-0.2, -0.15) is 4.31 Å². The van der Waals surface area contributed by atoms with Gasteiger partial charge in [0, 0.05) is 19.7 Å². The third-order valence-corrected chi connectivity index (χ3v) is 5.41. The number of sulfonamides is 1. The minimum Gasteiger partial charge on any atom is -0.462 e. The molecule has 1 aliphatic carbocycles. The van der Waals surface area contributed by atoms with Crippen LogP contribution in [0.4, 0.5) is 0 Å². The Bertz CT molecular complexity index is 607. The van der Waals surface area contributed by atoms with Crippen LogP contribution in [0.25, 0.3) is 0 Å². The summed E-state index contributed by atoms with van der Waals surface area (Å²) in [5.41, 5.74) is 0.343. The Morgan fingerprint density at radius 1 is 1.27 bits per heavy atom. The Kier molecular flexibility index (Phi) is 5.55. The lowest BCUT2D eigenvalue weighted by atomic mass is 10.2. The van der Waals surface area contributed by atoms with Crippen molar-refractivity contribution in [2.45, 2.75) is 30.7 Å². The standard InChI is InChI=1S/C15H21NO5S/c1-3-21-15(17)12-4-8-14(9-5-12)22(18,19)16(10-11-20-2)13-6-7-13/h4-5,8-9,13H,3,6-7,10-11H2,1-2H3. The molecular weight excluding hydrogens is 306 g/mol. The molecule has 1 aliphatic rings. The highest BCUT2D eigenvalue weighted by Crippen LogP contribution is 2.31. The largest absolute Gasteiger partial charge is 0.462 e. The van der Waals surface area contributed by atoms with Gasteiger partial charge in [0.25, 0.3) is 0 Å². The zero-order valence-electron chi connectivity index (χ0n) is 12.8. The van der Waals surface area contributed by atoms with E-state index in [2.05, 4.69) is 0 Å². The van der Waals surface area contributed by atoms with Crippen molar-refractivity contribution in [3.63, 3.8) is 0 Å². The van der Waals surface area contributed by atoms with Crippen LogP contribution >= 0.6 is 0 Å². The Balaban J connectivity index is 2.19. The number of ether oxygens (including phenoxy) is 2. The van der Waals surface area contributed by atoms with E-state index in [1.54, 1.807) is 14.0 Å². The van der Waals surface area contributed by atoms with Gasteiger partial charge in [0.2, 0.25) is 10.0 Å². The number of carbonyl (C=O) groups is 1. The zero-order valence-corrected chi connectivity index (χ0v) is 13.6. The quantitative estimate of drug-likeness (QED) is 0.679. The maximum Gasteiger partial charge on any atom is 0.338 e. The first kappa shape index (κ1) is 16.9. The van der Waals surface area contributed by atoms with Gasteiger partial charge in [-0.25, -0.2) is 13.2 Å². The molecule has 2 rings (SSSR count). The SMILES string of the molecule is CCOC(=O)c1ccc(S(=O)(=O)N(CCOC)C2CC2)cc1. The zero-order chi connectivity index (χ0) is 16.2. The molecule has 0 spiro atoms. The van der Waals surface area contributed by atoms with Crippen LogP contribution in [-0.4, -0.2) is 51.6 Å². The Morgan fingerprint density at radius 2 is 1.91 bits per heavy atom. The number of carbonyl (C=O) groups excluding carboxylic acids is 1. The molecule has 1 aromatic carbocycles. The maximum absolute atomic E-state index is 12.7. The highest BCUT2D eigenvalue weighted by atomic mass is 32.2. The smallest absolute Gasteiger partial charge is 0.338 e. The number of hydrogen-bond donors (Lipinski definition) is 0.